The molecule has 0 aliphatic carbocycles. The maximum atomic E-state index is 12.2. The molecule has 1 saturated heterocycles. The van der Waals surface area contributed by atoms with E-state index in [1.54, 1.807) is 0 Å². The molecule has 0 saturated carbocycles. The van der Waals surface area contributed by atoms with E-state index >= 15 is 0 Å². The van der Waals surface area contributed by atoms with Gasteiger partial charge in [-0.1, -0.05) is 0 Å². The van der Waals surface area contributed by atoms with E-state index in [4.69, 9.17) is 0 Å². The number of likely N-dealkylation sites (tertiary alicyclic amines) is 1. The lowest BCUT2D eigenvalue weighted by atomic mass is 10.1. The zero-order valence-electron chi connectivity index (χ0n) is 9.25. The van der Waals surface area contributed by atoms with Gasteiger partial charge in [-0.25, -0.2) is 0 Å². The van der Waals surface area contributed by atoms with Gasteiger partial charge in [0.05, 0.1) is 0 Å². The normalized spacial score (nSPS) is 19.9. The van der Waals surface area contributed by atoms with Gasteiger partial charge < -0.3 is 10.2 Å². The summed E-state index contributed by atoms with van der Waals surface area (Å²) in [7, 11) is 0. The van der Waals surface area contributed by atoms with E-state index in [0.717, 1.165) is 56.7 Å². The molecule has 0 unspecified atom stereocenters. The number of amides is 1. The van der Waals surface area contributed by atoms with Crippen LogP contribution in [0.25, 0.3) is 0 Å². The lowest BCUT2D eigenvalue weighted by Crippen LogP contribution is -2.30. The average Bonchev–Trinajstić information content (AvgIpc) is 2.98. The second kappa shape index (κ2) is 3.90. The molecule has 3 heterocycles. The van der Waals surface area contributed by atoms with Gasteiger partial charge in [-0.2, -0.15) is 5.10 Å². The van der Waals surface area contributed by atoms with Crippen molar-refractivity contribution in [1.82, 2.24) is 20.4 Å². The minimum absolute atomic E-state index is 0.0960. The molecule has 0 aromatic carbocycles. The first kappa shape index (κ1) is 9.84. The van der Waals surface area contributed by atoms with Gasteiger partial charge in [0.2, 0.25) is 0 Å². The summed E-state index contributed by atoms with van der Waals surface area (Å²) < 4.78 is 0. The van der Waals surface area contributed by atoms with Crippen LogP contribution in [0.2, 0.25) is 0 Å². The number of nitrogens with one attached hydrogen (secondary N) is 2. The van der Waals surface area contributed by atoms with Gasteiger partial charge in [-0.15, -0.1) is 0 Å². The topological polar surface area (TPSA) is 61.0 Å². The molecule has 5 heteroatoms. The molecule has 3 rings (SSSR count). The number of carbonyl (C=O) groups is 1. The second-order valence-corrected chi connectivity index (χ2v) is 4.46. The van der Waals surface area contributed by atoms with Gasteiger partial charge in [0.15, 0.2) is 5.69 Å². The fraction of sp³-hybridized carbons (Fsp3) is 0.636. The van der Waals surface area contributed by atoms with Gasteiger partial charge in [0, 0.05) is 43.9 Å². The van der Waals surface area contributed by atoms with Gasteiger partial charge in [0.25, 0.3) is 5.91 Å². The minimum Gasteiger partial charge on any atom is -0.337 e. The zero-order valence-corrected chi connectivity index (χ0v) is 9.25. The fourth-order valence-corrected chi connectivity index (χ4v) is 2.47. The largest absolute Gasteiger partial charge is 0.337 e. The van der Waals surface area contributed by atoms with Crippen molar-refractivity contribution in [3.8, 4) is 0 Å². The number of nitrogens with zero attached hydrogens (tertiary/aromatic N) is 2. The van der Waals surface area contributed by atoms with Crippen molar-refractivity contribution < 1.29 is 4.79 Å². The molecule has 1 aromatic heterocycles. The third kappa shape index (κ3) is 1.51. The number of fused-ring (bicyclic) bond motifs is 1. The number of aromatic amines is 1. The Morgan fingerprint density at radius 3 is 2.94 bits per heavy atom. The van der Waals surface area contributed by atoms with Crippen molar-refractivity contribution in [2.24, 2.45) is 0 Å². The Hall–Kier alpha value is -1.36. The van der Waals surface area contributed by atoms with E-state index in [1.165, 1.54) is 0 Å². The van der Waals surface area contributed by atoms with E-state index in [1.807, 2.05) is 4.90 Å². The van der Waals surface area contributed by atoms with Crippen molar-refractivity contribution in [3.63, 3.8) is 0 Å². The highest BCUT2D eigenvalue weighted by molar-refractivity contribution is 5.94. The number of hydrogen-bond donors (Lipinski definition) is 2. The summed E-state index contributed by atoms with van der Waals surface area (Å²) >= 11 is 0. The van der Waals surface area contributed by atoms with Crippen molar-refractivity contribution >= 4 is 5.91 Å². The summed E-state index contributed by atoms with van der Waals surface area (Å²) in [5.74, 6) is 0.0960. The Kier molecular flexibility index (Phi) is 2.40. The maximum absolute atomic E-state index is 12.2. The third-order valence-electron chi connectivity index (χ3n) is 3.40. The molecule has 0 radical (unpaired) electrons. The first-order chi connectivity index (χ1) is 7.86. The van der Waals surface area contributed by atoms with Crippen LogP contribution < -0.4 is 5.32 Å². The summed E-state index contributed by atoms with van der Waals surface area (Å²) in [5.41, 5.74) is 2.83. The highest BCUT2D eigenvalue weighted by atomic mass is 16.2. The van der Waals surface area contributed by atoms with E-state index in [-0.39, 0.29) is 5.91 Å². The lowest BCUT2D eigenvalue weighted by molar-refractivity contribution is 0.0785. The van der Waals surface area contributed by atoms with Crippen LogP contribution in [0.3, 0.4) is 0 Å². The molecule has 0 spiro atoms. The Morgan fingerprint density at radius 2 is 2.12 bits per heavy atom. The first-order valence-corrected chi connectivity index (χ1v) is 5.92. The molecule has 1 fully saturated rings. The van der Waals surface area contributed by atoms with Gasteiger partial charge >= 0.3 is 0 Å². The van der Waals surface area contributed by atoms with E-state index in [0.29, 0.717) is 5.69 Å². The monoisotopic (exact) mass is 220 g/mol. The SMILES string of the molecule is O=C(c1n[nH]c2c1CNCC2)N1CCCC1. The molecule has 5 nitrogen and oxygen atoms in total. The Labute approximate surface area is 94.2 Å². The standard InChI is InChI=1S/C11H16N4O/c16-11(15-5-1-2-6-15)10-8-7-12-4-3-9(8)13-14-10/h12H,1-7H2,(H,13,14). The molecule has 86 valence electrons. The zero-order chi connectivity index (χ0) is 11.0. The predicted molar refractivity (Wildman–Crippen MR) is 59.1 cm³/mol. The summed E-state index contributed by atoms with van der Waals surface area (Å²) in [5, 5.41) is 10.5. The highest BCUT2D eigenvalue weighted by Crippen LogP contribution is 2.19. The van der Waals surface area contributed by atoms with E-state index in [9.17, 15) is 4.79 Å². The molecule has 0 bridgehead atoms. The molecular weight excluding hydrogens is 204 g/mol. The van der Waals surface area contributed by atoms with Crippen LogP contribution in [0.1, 0.15) is 34.6 Å². The van der Waals surface area contributed by atoms with E-state index < -0.39 is 0 Å². The van der Waals surface area contributed by atoms with Gasteiger partial charge in [0.1, 0.15) is 0 Å². The van der Waals surface area contributed by atoms with Crippen LogP contribution in [-0.4, -0.2) is 40.6 Å². The van der Waals surface area contributed by atoms with Crippen LogP contribution in [0.4, 0.5) is 0 Å². The third-order valence-corrected chi connectivity index (χ3v) is 3.40. The van der Waals surface area contributed by atoms with Gasteiger partial charge in [-0.05, 0) is 12.8 Å². The molecule has 1 amide bonds. The van der Waals surface area contributed by atoms with Crippen molar-refractivity contribution in [3.05, 3.63) is 17.0 Å². The molecule has 2 aliphatic heterocycles. The molecule has 2 N–H and O–H groups in total. The Morgan fingerprint density at radius 1 is 1.31 bits per heavy atom. The Balaban J connectivity index is 1.88. The summed E-state index contributed by atoms with van der Waals surface area (Å²) in [6.07, 6.45) is 3.18. The fourth-order valence-electron chi connectivity index (χ4n) is 2.47. The number of hydrogen-bond acceptors (Lipinski definition) is 3. The van der Waals surface area contributed by atoms with Crippen LogP contribution in [-0.2, 0) is 13.0 Å². The van der Waals surface area contributed by atoms with Gasteiger partial charge in [-0.3, -0.25) is 9.89 Å². The van der Waals surface area contributed by atoms with Crippen molar-refractivity contribution in [1.29, 1.82) is 0 Å². The molecule has 2 aliphatic rings. The Bertz CT molecular complexity index is 406. The summed E-state index contributed by atoms with van der Waals surface area (Å²) in [6, 6.07) is 0. The quantitative estimate of drug-likeness (QED) is 0.715. The van der Waals surface area contributed by atoms with Crippen LogP contribution in [0.15, 0.2) is 0 Å². The first-order valence-electron chi connectivity index (χ1n) is 5.92. The maximum Gasteiger partial charge on any atom is 0.274 e. The molecule has 16 heavy (non-hydrogen) atoms. The van der Waals surface area contributed by atoms with Crippen LogP contribution in [0, 0.1) is 0 Å². The second-order valence-electron chi connectivity index (χ2n) is 4.46. The lowest BCUT2D eigenvalue weighted by Gasteiger charge is -2.16. The molecule has 0 atom stereocenters. The molecule has 1 aromatic rings. The predicted octanol–water partition coefficient (Wildman–Crippen LogP) is 0.291. The minimum atomic E-state index is 0.0960. The van der Waals surface area contributed by atoms with Crippen molar-refractivity contribution in [2.45, 2.75) is 25.8 Å². The summed E-state index contributed by atoms with van der Waals surface area (Å²) in [4.78, 5) is 14.1. The average molecular weight is 220 g/mol. The highest BCUT2D eigenvalue weighted by Gasteiger charge is 2.26. The molecular formula is C11H16N4O. The van der Waals surface area contributed by atoms with Crippen LogP contribution >= 0.6 is 0 Å². The van der Waals surface area contributed by atoms with Crippen LogP contribution in [0.5, 0.6) is 0 Å². The van der Waals surface area contributed by atoms with E-state index in [2.05, 4.69) is 15.5 Å². The van der Waals surface area contributed by atoms with Crippen molar-refractivity contribution in [2.75, 3.05) is 19.6 Å². The smallest absolute Gasteiger partial charge is 0.274 e. The summed E-state index contributed by atoms with van der Waals surface area (Å²) in [6.45, 7) is 3.50. The number of carbonyl (C=O) groups excluding carboxylic acids is 1. The number of aromatic nitrogens is 2. The number of rotatable bonds is 1. The number of H-pyrrole nitrogens is 1.